The highest BCUT2D eigenvalue weighted by Gasteiger charge is 2.07. The molecule has 0 unspecified atom stereocenters. The van der Waals surface area contributed by atoms with Gasteiger partial charge in [-0.1, -0.05) is 12.1 Å². The standard InChI is InChI=1S/C16H18N4O/c1-11-9-15(13(10-17)12(2)20-11)19-7-8-21-16-6-4-3-5-14(16)18/h3-6,9H,7-8,18H2,1-2H3,(H,19,20). The highest BCUT2D eigenvalue weighted by atomic mass is 16.5. The summed E-state index contributed by atoms with van der Waals surface area (Å²) in [6.45, 7) is 4.77. The molecule has 5 heteroatoms. The zero-order chi connectivity index (χ0) is 15.2. The number of rotatable bonds is 5. The number of nitriles is 1. The normalized spacial score (nSPS) is 9.95. The van der Waals surface area contributed by atoms with E-state index in [9.17, 15) is 5.26 Å². The molecule has 0 radical (unpaired) electrons. The van der Waals surface area contributed by atoms with Gasteiger partial charge < -0.3 is 15.8 Å². The first-order valence-corrected chi connectivity index (χ1v) is 6.71. The van der Waals surface area contributed by atoms with Gasteiger partial charge in [0.2, 0.25) is 0 Å². The molecular weight excluding hydrogens is 264 g/mol. The van der Waals surface area contributed by atoms with Crippen LogP contribution in [-0.4, -0.2) is 18.1 Å². The highest BCUT2D eigenvalue weighted by molar-refractivity contribution is 5.59. The maximum Gasteiger partial charge on any atom is 0.142 e. The van der Waals surface area contributed by atoms with Crippen molar-refractivity contribution in [3.8, 4) is 11.8 Å². The first-order valence-electron chi connectivity index (χ1n) is 6.71. The number of nitrogens with one attached hydrogen (secondary N) is 1. The molecule has 0 fully saturated rings. The maximum absolute atomic E-state index is 9.18. The number of nitrogens with two attached hydrogens (primary N) is 1. The van der Waals surface area contributed by atoms with Crippen LogP contribution in [0.2, 0.25) is 0 Å². The Morgan fingerprint density at radius 3 is 2.81 bits per heavy atom. The summed E-state index contributed by atoms with van der Waals surface area (Å²) in [6.07, 6.45) is 0. The number of para-hydroxylation sites is 2. The van der Waals surface area contributed by atoms with Crippen molar-refractivity contribution >= 4 is 11.4 Å². The molecule has 0 bridgehead atoms. The molecule has 0 atom stereocenters. The number of nitrogen functional groups attached to an aromatic ring is 1. The van der Waals surface area contributed by atoms with Gasteiger partial charge in [0.1, 0.15) is 18.4 Å². The fraction of sp³-hybridized carbons (Fsp3) is 0.250. The summed E-state index contributed by atoms with van der Waals surface area (Å²) in [4.78, 5) is 4.28. The molecule has 0 saturated carbocycles. The summed E-state index contributed by atoms with van der Waals surface area (Å²) in [5, 5.41) is 12.4. The minimum atomic E-state index is 0.458. The Morgan fingerprint density at radius 1 is 1.33 bits per heavy atom. The Balaban J connectivity index is 1.96. The molecule has 0 amide bonds. The second kappa shape index (κ2) is 6.62. The summed E-state index contributed by atoms with van der Waals surface area (Å²) < 4.78 is 5.61. The lowest BCUT2D eigenvalue weighted by Crippen LogP contribution is -2.13. The minimum absolute atomic E-state index is 0.458. The van der Waals surface area contributed by atoms with Crippen LogP contribution in [0.5, 0.6) is 5.75 Å². The molecule has 0 aliphatic rings. The van der Waals surface area contributed by atoms with E-state index in [0.29, 0.717) is 30.2 Å². The fourth-order valence-electron chi connectivity index (χ4n) is 2.07. The number of ether oxygens (including phenoxy) is 1. The largest absolute Gasteiger partial charge is 0.490 e. The van der Waals surface area contributed by atoms with Crippen molar-refractivity contribution in [3.63, 3.8) is 0 Å². The number of aromatic nitrogens is 1. The van der Waals surface area contributed by atoms with Crippen LogP contribution in [0.25, 0.3) is 0 Å². The smallest absolute Gasteiger partial charge is 0.142 e. The molecule has 108 valence electrons. The second-order valence-electron chi connectivity index (χ2n) is 4.70. The molecule has 1 aromatic carbocycles. The minimum Gasteiger partial charge on any atom is -0.490 e. The van der Waals surface area contributed by atoms with Crippen molar-refractivity contribution < 1.29 is 4.74 Å². The van der Waals surface area contributed by atoms with Gasteiger partial charge in [-0.25, -0.2) is 0 Å². The van der Waals surface area contributed by atoms with Crippen molar-refractivity contribution in [2.24, 2.45) is 0 Å². The number of nitrogens with zero attached hydrogens (tertiary/aromatic N) is 2. The van der Waals surface area contributed by atoms with Crippen LogP contribution in [0, 0.1) is 25.2 Å². The van der Waals surface area contributed by atoms with Gasteiger partial charge in [-0.3, -0.25) is 4.98 Å². The summed E-state index contributed by atoms with van der Waals surface area (Å²) in [7, 11) is 0. The average molecular weight is 282 g/mol. The summed E-state index contributed by atoms with van der Waals surface area (Å²) in [6, 6.07) is 11.4. The first kappa shape index (κ1) is 14.7. The van der Waals surface area contributed by atoms with Gasteiger partial charge in [-0.05, 0) is 32.0 Å². The third-order valence-corrected chi connectivity index (χ3v) is 3.03. The predicted octanol–water partition coefficient (Wildman–Crippen LogP) is 2.64. The van der Waals surface area contributed by atoms with Gasteiger partial charge in [-0.2, -0.15) is 5.26 Å². The van der Waals surface area contributed by atoms with Gasteiger partial charge in [-0.15, -0.1) is 0 Å². The molecule has 0 aliphatic heterocycles. The molecule has 1 heterocycles. The van der Waals surface area contributed by atoms with Crippen molar-refractivity contribution in [2.75, 3.05) is 24.2 Å². The molecule has 0 saturated heterocycles. The van der Waals surface area contributed by atoms with E-state index in [0.717, 1.165) is 17.1 Å². The van der Waals surface area contributed by atoms with Gasteiger partial charge in [0.25, 0.3) is 0 Å². The Hall–Kier alpha value is -2.74. The summed E-state index contributed by atoms with van der Waals surface area (Å²) in [5.41, 5.74) is 9.38. The van der Waals surface area contributed by atoms with E-state index >= 15 is 0 Å². The van der Waals surface area contributed by atoms with Crippen LogP contribution in [0.3, 0.4) is 0 Å². The number of benzene rings is 1. The van der Waals surface area contributed by atoms with Crippen LogP contribution < -0.4 is 15.8 Å². The van der Waals surface area contributed by atoms with E-state index in [-0.39, 0.29) is 0 Å². The summed E-state index contributed by atoms with van der Waals surface area (Å²) in [5.74, 6) is 0.668. The van der Waals surface area contributed by atoms with Gasteiger partial charge in [0, 0.05) is 12.2 Å². The number of pyridine rings is 1. The van der Waals surface area contributed by atoms with Crippen molar-refractivity contribution in [1.29, 1.82) is 5.26 Å². The lowest BCUT2D eigenvalue weighted by atomic mass is 10.1. The van der Waals surface area contributed by atoms with Crippen molar-refractivity contribution in [2.45, 2.75) is 13.8 Å². The number of aryl methyl sites for hydroxylation is 2. The van der Waals surface area contributed by atoms with Crippen LogP contribution in [0.1, 0.15) is 17.0 Å². The Labute approximate surface area is 124 Å². The average Bonchev–Trinajstić information content (AvgIpc) is 2.45. The quantitative estimate of drug-likeness (QED) is 0.650. The zero-order valence-corrected chi connectivity index (χ0v) is 12.2. The van der Waals surface area contributed by atoms with E-state index < -0.39 is 0 Å². The van der Waals surface area contributed by atoms with Gasteiger partial charge in [0.15, 0.2) is 0 Å². The van der Waals surface area contributed by atoms with Crippen molar-refractivity contribution in [1.82, 2.24) is 4.98 Å². The highest BCUT2D eigenvalue weighted by Crippen LogP contribution is 2.20. The molecule has 1 aromatic heterocycles. The van der Waals surface area contributed by atoms with Crippen LogP contribution in [0.4, 0.5) is 11.4 Å². The molecule has 0 aliphatic carbocycles. The van der Waals surface area contributed by atoms with E-state index in [4.69, 9.17) is 10.5 Å². The molecule has 2 rings (SSSR count). The van der Waals surface area contributed by atoms with Crippen LogP contribution in [0.15, 0.2) is 30.3 Å². The molecule has 2 aromatic rings. The molecule has 0 spiro atoms. The fourth-order valence-corrected chi connectivity index (χ4v) is 2.07. The first-order chi connectivity index (χ1) is 10.1. The summed E-state index contributed by atoms with van der Waals surface area (Å²) >= 11 is 0. The number of hydrogen-bond acceptors (Lipinski definition) is 5. The Kier molecular flexibility index (Phi) is 4.62. The monoisotopic (exact) mass is 282 g/mol. The lowest BCUT2D eigenvalue weighted by Gasteiger charge is -2.12. The Morgan fingerprint density at radius 2 is 2.10 bits per heavy atom. The lowest BCUT2D eigenvalue weighted by molar-refractivity contribution is 0.334. The van der Waals surface area contributed by atoms with E-state index in [1.807, 2.05) is 38.1 Å². The van der Waals surface area contributed by atoms with E-state index in [1.165, 1.54) is 0 Å². The molecule has 21 heavy (non-hydrogen) atoms. The SMILES string of the molecule is Cc1cc(NCCOc2ccccc2N)c(C#N)c(C)n1. The second-order valence-corrected chi connectivity index (χ2v) is 4.70. The van der Waals surface area contributed by atoms with E-state index in [1.54, 1.807) is 6.07 Å². The van der Waals surface area contributed by atoms with Crippen LogP contribution >= 0.6 is 0 Å². The van der Waals surface area contributed by atoms with Gasteiger partial charge >= 0.3 is 0 Å². The molecule has 5 nitrogen and oxygen atoms in total. The number of hydrogen-bond donors (Lipinski definition) is 2. The third kappa shape index (κ3) is 3.63. The topological polar surface area (TPSA) is 84.0 Å². The number of anilines is 2. The van der Waals surface area contributed by atoms with Gasteiger partial charge in [0.05, 0.1) is 22.6 Å². The van der Waals surface area contributed by atoms with Crippen LogP contribution in [-0.2, 0) is 0 Å². The Bertz CT molecular complexity index is 676. The maximum atomic E-state index is 9.18. The molecular formula is C16H18N4O. The predicted molar refractivity (Wildman–Crippen MR) is 83.3 cm³/mol. The zero-order valence-electron chi connectivity index (χ0n) is 12.2. The van der Waals surface area contributed by atoms with Crippen molar-refractivity contribution in [3.05, 3.63) is 47.3 Å². The third-order valence-electron chi connectivity index (χ3n) is 3.03. The van der Waals surface area contributed by atoms with E-state index in [2.05, 4.69) is 16.4 Å². The molecule has 3 N–H and O–H groups in total.